The van der Waals surface area contributed by atoms with Gasteiger partial charge in [-0.25, -0.2) is 9.59 Å². The number of phenols is 1. The maximum absolute atomic E-state index is 13.0. The Morgan fingerprint density at radius 2 is 1.53 bits per heavy atom. The van der Waals surface area contributed by atoms with Crippen molar-refractivity contribution in [2.45, 2.75) is 26.7 Å². The van der Waals surface area contributed by atoms with Gasteiger partial charge in [-0.05, 0) is 30.5 Å². The number of carbonyl (C=O) groups is 2. The van der Waals surface area contributed by atoms with Crippen LogP contribution in [0.5, 0.6) is 17.2 Å². The molecule has 9 heteroatoms. The molecule has 3 aromatic rings. The SMILES string of the molecule is CCCNC(=O)Oc1ccc(-c2coc3cc(OC(=O)NCCC)cc(O)c3c2=O)cc1. The molecule has 2 aromatic carbocycles. The first-order valence-electron chi connectivity index (χ1n) is 10.2. The zero-order chi connectivity index (χ0) is 23.1. The molecule has 0 aliphatic carbocycles. The van der Waals surface area contributed by atoms with E-state index in [-0.39, 0.29) is 28.0 Å². The minimum Gasteiger partial charge on any atom is -0.507 e. The lowest BCUT2D eigenvalue weighted by Crippen LogP contribution is -2.27. The predicted octanol–water partition coefficient (Wildman–Crippen LogP) is 4.16. The number of rotatable bonds is 7. The first-order chi connectivity index (χ1) is 15.4. The van der Waals surface area contributed by atoms with E-state index in [4.69, 9.17) is 13.9 Å². The summed E-state index contributed by atoms with van der Waals surface area (Å²) in [6.07, 6.45) is 1.56. The fourth-order valence-electron chi connectivity index (χ4n) is 2.91. The van der Waals surface area contributed by atoms with Crippen LogP contribution in [0.3, 0.4) is 0 Å². The molecule has 3 rings (SSSR count). The molecule has 0 radical (unpaired) electrons. The molecule has 1 heterocycles. The number of nitrogens with one attached hydrogen (secondary N) is 2. The van der Waals surface area contributed by atoms with E-state index in [9.17, 15) is 19.5 Å². The lowest BCUT2D eigenvalue weighted by atomic mass is 10.0. The van der Waals surface area contributed by atoms with Crippen molar-refractivity contribution in [2.75, 3.05) is 13.1 Å². The van der Waals surface area contributed by atoms with E-state index in [1.54, 1.807) is 24.3 Å². The van der Waals surface area contributed by atoms with E-state index in [2.05, 4.69) is 10.6 Å². The van der Waals surface area contributed by atoms with Gasteiger partial charge in [-0.15, -0.1) is 0 Å². The number of hydrogen-bond donors (Lipinski definition) is 3. The molecule has 0 unspecified atom stereocenters. The van der Waals surface area contributed by atoms with Crippen molar-refractivity contribution in [3.05, 3.63) is 52.9 Å². The average Bonchev–Trinajstić information content (AvgIpc) is 2.77. The Bertz CT molecular complexity index is 1170. The van der Waals surface area contributed by atoms with Crippen LogP contribution < -0.4 is 25.5 Å². The van der Waals surface area contributed by atoms with Crippen LogP contribution in [0, 0.1) is 0 Å². The lowest BCUT2D eigenvalue weighted by Gasteiger charge is -2.09. The molecule has 0 atom stereocenters. The van der Waals surface area contributed by atoms with Gasteiger partial charge in [-0.2, -0.15) is 0 Å². The minimum atomic E-state index is -0.671. The van der Waals surface area contributed by atoms with Crippen LogP contribution in [0.4, 0.5) is 9.59 Å². The second kappa shape index (κ2) is 10.3. The van der Waals surface area contributed by atoms with Crippen molar-refractivity contribution < 1.29 is 28.6 Å². The van der Waals surface area contributed by atoms with Crippen LogP contribution in [0.2, 0.25) is 0 Å². The molecule has 0 spiro atoms. The quantitative estimate of drug-likeness (QED) is 0.503. The molecule has 168 valence electrons. The molecule has 0 saturated carbocycles. The van der Waals surface area contributed by atoms with Crippen LogP contribution in [0.15, 0.2) is 51.9 Å². The monoisotopic (exact) mass is 440 g/mol. The number of benzene rings is 2. The summed E-state index contributed by atoms with van der Waals surface area (Å²) in [4.78, 5) is 36.3. The van der Waals surface area contributed by atoms with Crippen molar-refractivity contribution in [2.24, 2.45) is 0 Å². The smallest absolute Gasteiger partial charge is 0.412 e. The molecule has 0 bridgehead atoms. The largest absolute Gasteiger partial charge is 0.507 e. The van der Waals surface area contributed by atoms with Gasteiger partial charge in [-0.3, -0.25) is 4.79 Å². The topological polar surface area (TPSA) is 127 Å². The zero-order valence-corrected chi connectivity index (χ0v) is 17.8. The third kappa shape index (κ3) is 5.37. The maximum Gasteiger partial charge on any atom is 0.412 e. The summed E-state index contributed by atoms with van der Waals surface area (Å²) in [7, 11) is 0. The summed E-state index contributed by atoms with van der Waals surface area (Å²) in [6, 6.07) is 8.85. The number of carbonyl (C=O) groups excluding carboxylic acids is 2. The van der Waals surface area contributed by atoms with Crippen LogP contribution in [-0.4, -0.2) is 30.4 Å². The van der Waals surface area contributed by atoms with Crippen molar-refractivity contribution in [1.29, 1.82) is 0 Å². The Morgan fingerprint density at radius 1 is 0.938 bits per heavy atom. The van der Waals surface area contributed by atoms with Gasteiger partial charge in [0.05, 0.1) is 5.56 Å². The van der Waals surface area contributed by atoms with E-state index in [0.29, 0.717) is 24.4 Å². The number of fused-ring (bicyclic) bond motifs is 1. The summed E-state index contributed by atoms with van der Waals surface area (Å²) in [5.41, 5.74) is 0.342. The highest BCUT2D eigenvalue weighted by Gasteiger charge is 2.16. The van der Waals surface area contributed by atoms with Gasteiger partial charge in [0.25, 0.3) is 0 Å². The normalized spacial score (nSPS) is 10.6. The summed E-state index contributed by atoms with van der Waals surface area (Å²) in [6.45, 7) is 4.79. The van der Waals surface area contributed by atoms with Crippen LogP contribution in [-0.2, 0) is 0 Å². The molecule has 0 aliphatic rings. The van der Waals surface area contributed by atoms with E-state index in [0.717, 1.165) is 12.8 Å². The zero-order valence-electron chi connectivity index (χ0n) is 17.8. The van der Waals surface area contributed by atoms with Gasteiger partial charge in [-0.1, -0.05) is 26.0 Å². The Hall–Kier alpha value is -4.01. The first-order valence-corrected chi connectivity index (χ1v) is 10.2. The molecule has 0 fully saturated rings. The Kier molecular flexibility index (Phi) is 7.33. The first kappa shape index (κ1) is 22.7. The van der Waals surface area contributed by atoms with E-state index >= 15 is 0 Å². The van der Waals surface area contributed by atoms with Gasteiger partial charge in [0.2, 0.25) is 5.43 Å². The van der Waals surface area contributed by atoms with Gasteiger partial charge >= 0.3 is 12.2 Å². The number of hydrogen-bond acceptors (Lipinski definition) is 7. The number of aromatic hydroxyl groups is 1. The second-order valence-electron chi connectivity index (χ2n) is 6.95. The Balaban J connectivity index is 1.84. The molecule has 1 aromatic heterocycles. The molecule has 2 amide bonds. The van der Waals surface area contributed by atoms with Crippen molar-refractivity contribution in [1.82, 2.24) is 10.6 Å². The standard InChI is InChI=1S/C23H24N2O7/c1-3-9-24-22(28)31-15-7-5-14(6-8-15)17-13-30-19-12-16(32-23(29)25-10-4-2)11-18(26)20(19)21(17)27/h5-8,11-13,26H,3-4,9-10H2,1-2H3,(H,24,28)(H,25,29). The molecule has 0 aliphatic heterocycles. The molecule has 32 heavy (non-hydrogen) atoms. The van der Waals surface area contributed by atoms with E-state index < -0.39 is 17.6 Å². The molecule has 0 saturated heterocycles. The van der Waals surface area contributed by atoms with Crippen molar-refractivity contribution >= 4 is 23.2 Å². The molecule has 9 nitrogen and oxygen atoms in total. The van der Waals surface area contributed by atoms with Gasteiger partial charge in [0.1, 0.15) is 34.5 Å². The van der Waals surface area contributed by atoms with Crippen molar-refractivity contribution in [3.8, 4) is 28.4 Å². The van der Waals surface area contributed by atoms with Crippen molar-refractivity contribution in [3.63, 3.8) is 0 Å². The third-order valence-electron chi connectivity index (χ3n) is 4.46. The third-order valence-corrected chi connectivity index (χ3v) is 4.46. The van der Waals surface area contributed by atoms with Gasteiger partial charge in [0.15, 0.2) is 0 Å². The second-order valence-corrected chi connectivity index (χ2v) is 6.95. The highest BCUT2D eigenvalue weighted by atomic mass is 16.6. The highest BCUT2D eigenvalue weighted by Crippen LogP contribution is 2.30. The van der Waals surface area contributed by atoms with Gasteiger partial charge < -0.3 is 29.6 Å². The lowest BCUT2D eigenvalue weighted by molar-refractivity contribution is 0.199. The molecular weight excluding hydrogens is 416 g/mol. The van der Waals surface area contributed by atoms with Crippen LogP contribution in [0.25, 0.3) is 22.1 Å². The summed E-state index contributed by atoms with van der Waals surface area (Å²) >= 11 is 0. The van der Waals surface area contributed by atoms with Crippen LogP contribution in [0.1, 0.15) is 26.7 Å². The average molecular weight is 440 g/mol. The van der Waals surface area contributed by atoms with Crippen LogP contribution >= 0.6 is 0 Å². The Labute approximate surface area is 184 Å². The molecular formula is C23H24N2O7. The Morgan fingerprint density at radius 3 is 2.12 bits per heavy atom. The number of ether oxygens (including phenoxy) is 2. The summed E-state index contributed by atoms with van der Waals surface area (Å²) in [5.74, 6) is -0.00943. The van der Waals surface area contributed by atoms with E-state index in [1.807, 2.05) is 13.8 Å². The van der Waals surface area contributed by atoms with Gasteiger partial charge in [0, 0.05) is 25.2 Å². The molecule has 3 N–H and O–H groups in total. The number of phenolic OH excluding ortho intramolecular Hbond substituents is 1. The minimum absolute atomic E-state index is 0.0388. The summed E-state index contributed by atoms with van der Waals surface area (Å²) < 4.78 is 15.8. The summed E-state index contributed by atoms with van der Waals surface area (Å²) in [5, 5.41) is 15.5. The van der Waals surface area contributed by atoms with E-state index in [1.165, 1.54) is 18.4 Å². The fourth-order valence-corrected chi connectivity index (χ4v) is 2.91. The highest BCUT2D eigenvalue weighted by molar-refractivity contribution is 5.88. The predicted molar refractivity (Wildman–Crippen MR) is 118 cm³/mol. The maximum atomic E-state index is 13.0. The fraction of sp³-hybridized carbons (Fsp3) is 0.261. The number of amides is 2.